The van der Waals surface area contributed by atoms with Crippen LogP contribution in [0.4, 0.5) is 11.5 Å². The van der Waals surface area contributed by atoms with Crippen molar-refractivity contribution >= 4 is 51.5 Å². The Hall–Kier alpha value is -4.45. The average Bonchev–Trinajstić information content (AvgIpc) is 3.67. The van der Waals surface area contributed by atoms with Gasteiger partial charge in [-0.2, -0.15) is 4.52 Å². The van der Waals surface area contributed by atoms with Crippen LogP contribution in [0.5, 0.6) is 0 Å². The number of rotatable bonds is 4. The Labute approximate surface area is 216 Å². The smallest absolute Gasteiger partial charge is 0.265 e. The first-order valence-electron chi connectivity index (χ1n) is 12.0. The number of carbonyl (C=O) groups is 2. The molecule has 0 aliphatic carbocycles. The molecule has 0 spiro atoms. The van der Waals surface area contributed by atoms with Crippen molar-refractivity contribution in [1.29, 1.82) is 0 Å². The number of nitrogens with one attached hydrogen (secondary N) is 1. The summed E-state index contributed by atoms with van der Waals surface area (Å²) in [7, 11) is 0. The number of hydrogen-bond acceptors (Lipinski definition) is 9. The molecule has 6 rings (SSSR count). The third-order valence-electron chi connectivity index (χ3n) is 5.92. The number of para-hydroxylation sites is 2. The molecule has 0 radical (unpaired) electrons. The molecule has 3 aromatic heterocycles. The highest BCUT2D eigenvalue weighted by molar-refractivity contribution is 7.08. The van der Waals surface area contributed by atoms with Crippen molar-refractivity contribution in [2.75, 3.05) is 31.5 Å². The van der Waals surface area contributed by atoms with E-state index in [0.29, 0.717) is 48.1 Å². The molecule has 37 heavy (non-hydrogen) atoms. The molecule has 2 aromatic carbocycles. The molecule has 12 heteroatoms. The van der Waals surface area contributed by atoms with E-state index in [0.717, 1.165) is 16.7 Å². The molecule has 1 aliphatic rings. The van der Waals surface area contributed by atoms with Gasteiger partial charge in [-0.3, -0.25) is 9.59 Å². The summed E-state index contributed by atoms with van der Waals surface area (Å²) in [5, 5.41) is 15.2. The molecule has 5 aromatic rings. The number of hydrogen-bond donors (Lipinski definition) is 1. The summed E-state index contributed by atoms with van der Waals surface area (Å²) in [4.78, 5) is 34.3. The van der Waals surface area contributed by atoms with Crippen LogP contribution in [0.15, 0.2) is 60.8 Å². The molecule has 0 bridgehead atoms. The SMILES string of the molecule is CC.O=C(c1ccc(Nc2nc3ccccc3n3nnnc23)cc1)N1CCN(C(=O)c2ccns2)CC1. The van der Waals surface area contributed by atoms with Crippen LogP contribution in [0, 0.1) is 0 Å². The van der Waals surface area contributed by atoms with E-state index in [1.807, 2.05) is 50.2 Å². The molecule has 0 atom stereocenters. The van der Waals surface area contributed by atoms with Gasteiger partial charge < -0.3 is 15.1 Å². The lowest BCUT2D eigenvalue weighted by molar-refractivity contribution is 0.0538. The summed E-state index contributed by atoms with van der Waals surface area (Å²) in [6.45, 7) is 5.97. The molecule has 1 fully saturated rings. The minimum Gasteiger partial charge on any atom is -0.337 e. The van der Waals surface area contributed by atoms with E-state index in [1.165, 1.54) is 11.5 Å². The Morgan fingerprint density at radius 1 is 0.892 bits per heavy atom. The molecule has 11 nitrogen and oxygen atoms in total. The summed E-state index contributed by atoms with van der Waals surface area (Å²) in [6.07, 6.45) is 1.62. The summed E-state index contributed by atoms with van der Waals surface area (Å²) in [6, 6.07) is 16.6. The summed E-state index contributed by atoms with van der Waals surface area (Å²) < 4.78 is 5.63. The van der Waals surface area contributed by atoms with Gasteiger partial charge >= 0.3 is 0 Å². The molecular formula is C25H25N9O2S. The normalized spacial score (nSPS) is 13.4. The van der Waals surface area contributed by atoms with Crippen LogP contribution in [0.1, 0.15) is 33.9 Å². The van der Waals surface area contributed by atoms with E-state index in [9.17, 15) is 9.59 Å². The molecular weight excluding hydrogens is 490 g/mol. The predicted octanol–water partition coefficient (Wildman–Crippen LogP) is 3.50. The van der Waals surface area contributed by atoms with Crippen molar-refractivity contribution in [2.24, 2.45) is 0 Å². The molecule has 188 valence electrons. The minimum absolute atomic E-state index is 0.0330. The summed E-state index contributed by atoms with van der Waals surface area (Å²) >= 11 is 1.19. The molecule has 1 aliphatic heterocycles. The highest BCUT2D eigenvalue weighted by Gasteiger charge is 2.26. The van der Waals surface area contributed by atoms with Gasteiger partial charge in [0, 0.05) is 43.6 Å². The lowest BCUT2D eigenvalue weighted by Gasteiger charge is -2.34. The average molecular weight is 516 g/mol. The first-order valence-corrected chi connectivity index (χ1v) is 12.8. The Balaban J connectivity index is 0.00000137. The molecule has 1 N–H and O–H groups in total. The van der Waals surface area contributed by atoms with Crippen LogP contribution in [0.3, 0.4) is 0 Å². The number of piperazine rings is 1. The number of amides is 2. The fourth-order valence-electron chi connectivity index (χ4n) is 4.10. The van der Waals surface area contributed by atoms with Crippen LogP contribution in [-0.2, 0) is 0 Å². The van der Waals surface area contributed by atoms with Gasteiger partial charge in [-0.15, -0.1) is 5.10 Å². The summed E-state index contributed by atoms with van der Waals surface area (Å²) in [5.74, 6) is 0.429. The zero-order valence-corrected chi connectivity index (χ0v) is 21.2. The van der Waals surface area contributed by atoms with Crippen molar-refractivity contribution in [1.82, 2.24) is 39.2 Å². The zero-order chi connectivity index (χ0) is 25.8. The zero-order valence-electron chi connectivity index (χ0n) is 20.4. The van der Waals surface area contributed by atoms with Crippen LogP contribution < -0.4 is 5.32 Å². The monoisotopic (exact) mass is 515 g/mol. The summed E-state index contributed by atoms with van der Waals surface area (Å²) in [5.41, 5.74) is 3.42. The quantitative estimate of drug-likeness (QED) is 0.386. The van der Waals surface area contributed by atoms with Gasteiger partial charge in [-0.1, -0.05) is 26.0 Å². The van der Waals surface area contributed by atoms with E-state index in [4.69, 9.17) is 0 Å². The number of nitrogens with zero attached hydrogens (tertiary/aromatic N) is 8. The van der Waals surface area contributed by atoms with Crippen molar-refractivity contribution in [3.63, 3.8) is 0 Å². The largest absolute Gasteiger partial charge is 0.337 e. The van der Waals surface area contributed by atoms with Crippen molar-refractivity contribution < 1.29 is 9.59 Å². The minimum atomic E-state index is -0.0608. The number of benzene rings is 2. The third kappa shape index (κ3) is 4.83. The third-order valence-corrected chi connectivity index (χ3v) is 6.66. The van der Waals surface area contributed by atoms with Gasteiger partial charge in [0.15, 0.2) is 5.82 Å². The first-order chi connectivity index (χ1) is 18.2. The maximum Gasteiger partial charge on any atom is 0.265 e. The van der Waals surface area contributed by atoms with Gasteiger partial charge in [0.1, 0.15) is 4.88 Å². The Morgan fingerprint density at radius 2 is 1.59 bits per heavy atom. The van der Waals surface area contributed by atoms with E-state index in [1.54, 1.807) is 38.7 Å². The number of carbonyl (C=O) groups excluding carboxylic acids is 2. The second kappa shape index (κ2) is 10.7. The number of tetrazole rings is 1. The predicted molar refractivity (Wildman–Crippen MR) is 141 cm³/mol. The van der Waals surface area contributed by atoms with Crippen molar-refractivity contribution in [3.8, 4) is 0 Å². The number of aromatic nitrogens is 6. The van der Waals surface area contributed by atoms with E-state index < -0.39 is 0 Å². The van der Waals surface area contributed by atoms with Gasteiger partial charge in [-0.05, 0) is 64.4 Å². The maximum absolute atomic E-state index is 13.0. The molecule has 1 saturated heterocycles. The van der Waals surface area contributed by atoms with E-state index in [-0.39, 0.29) is 11.8 Å². The molecule has 4 heterocycles. The fraction of sp³-hybridized carbons (Fsp3) is 0.240. The second-order valence-corrected chi connectivity index (χ2v) is 8.86. The Bertz CT molecular complexity index is 1530. The number of anilines is 2. The van der Waals surface area contributed by atoms with Gasteiger partial charge in [0.2, 0.25) is 5.65 Å². The van der Waals surface area contributed by atoms with Crippen LogP contribution in [-0.4, -0.2) is 77.2 Å². The first kappa shape index (κ1) is 24.3. The lowest BCUT2D eigenvalue weighted by atomic mass is 10.1. The van der Waals surface area contributed by atoms with Crippen LogP contribution in [0.2, 0.25) is 0 Å². The van der Waals surface area contributed by atoms with Crippen LogP contribution in [0.25, 0.3) is 16.7 Å². The molecule has 0 unspecified atom stereocenters. The van der Waals surface area contributed by atoms with Crippen molar-refractivity contribution in [3.05, 3.63) is 71.2 Å². The van der Waals surface area contributed by atoms with Gasteiger partial charge in [0.25, 0.3) is 11.8 Å². The van der Waals surface area contributed by atoms with Crippen molar-refractivity contribution in [2.45, 2.75) is 13.8 Å². The Kier molecular flexibility index (Phi) is 6.99. The number of fused-ring (bicyclic) bond motifs is 3. The van der Waals surface area contributed by atoms with E-state index in [2.05, 4.69) is 30.2 Å². The van der Waals surface area contributed by atoms with E-state index >= 15 is 0 Å². The highest BCUT2D eigenvalue weighted by Crippen LogP contribution is 2.23. The topological polar surface area (TPSA) is 122 Å². The van der Waals surface area contributed by atoms with Gasteiger partial charge in [0.05, 0.1) is 11.0 Å². The van der Waals surface area contributed by atoms with Gasteiger partial charge in [-0.25, -0.2) is 9.36 Å². The maximum atomic E-state index is 13.0. The molecule has 2 amide bonds. The fourth-order valence-corrected chi connectivity index (χ4v) is 4.66. The standard InChI is InChI=1S/C23H19N9O2S.C2H6/c33-22(30-11-13-31(14-12-30)23(34)19-9-10-24-35-19)15-5-7-16(8-6-15)25-20-21-27-28-29-32(21)18-4-2-1-3-17(18)26-20;1-2/h1-10H,11-14H2,(H,25,26);1-2H3. The van der Waals surface area contributed by atoms with Crippen LogP contribution >= 0.6 is 11.5 Å². The Morgan fingerprint density at radius 3 is 2.30 bits per heavy atom. The molecule has 0 saturated carbocycles. The lowest BCUT2D eigenvalue weighted by Crippen LogP contribution is -2.50. The highest BCUT2D eigenvalue weighted by atomic mass is 32.1. The second-order valence-electron chi connectivity index (χ2n) is 8.03.